The lowest BCUT2D eigenvalue weighted by atomic mass is 10.1. The molecule has 3 aromatic rings. The van der Waals surface area contributed by atoms with Crippen molar-refractivity contribution in [1.82, 2.24) is 0 Å². The highest BCUT2D eigenvalue weighted by Gasteiger charge is 2.30. The number of hydrogen-bond acceptors (Lipinski definition) is 4. The van der Waals surface area contributed by atoms with Crippen molar-refractivity contribution in [3.63, 3.8) is 0 Å². The molecule has 0 amide bonds. The number of aromatic hydroxyl groups is 1. The molecule has 1 aliphatic rings. The highest BCUT2D eigenvalue weighted by Crippen LogP contribution is 2.39. The van der Waals surface area contributed by atoms with Gasteiger partial charge in [0.15, 0.2) is 0 Å². The van der Waals surface area contributed by atoms with Gasteiger partial charge in [0, 0.05) is 21.0 Å². The Labute approximate surface area is 141 Å². The third-order valence-corrected chi connectivity index (χ3v) is 4.43. The zero-order valence-corrected chi connectivity index (χ0v) is 13.3. The van der Waals surface area contributed by atoms with E-state index in [0.29, 0.717) is 39.2 Å². The molecule has 4 rings (SSSR count). The number of furan rings is 1. The first-order valence-electron chi connectivity index (χ1n) is 7.01. The fourth-order valence-electron chi connectivity index (χ4n) is 2.72. The number of para-hydroxylation sites is 1. The molecule has 0 aliphatic carbocycles. The molecule has 116 valence electrons. The van der Waals surface area contributed by atoms with Crippen LogP contribution in [0.15, 0.2) is 51.9 Å². The smallest absolute Gasteiger partial charge is 0.296 e. The topological polar surface area (TPSA) is 55.0 Å². The zero-order valence-electron chi connectivity index (χ0n) is 11.8. The second kappa shape index (κ2) is 5.48. The maximum Gasteiger partial charge on any atom is 0.296 e. The Morgan fingerprint density at radius 2 is 1.78 bits per heavy atom. The van der Waals surface area contributed by atoms with E-state index in [1.807, 2.05) is 18.2 Å². The normalized spacial score (nSPS) is 17.3. The van der Waals surface area contributed by atoms with Gasteiger partial charge in [-0.05, 0) is 18.2 Å². The average Bonchev–Trinajstić information content (AvgIpc) is 3.10. The fourth-order valence-corrected chi connectivity index (χ4v) is 3.36. The molecule has 23 heavy (non-hydrogen) atoms. The number of fused-ring (bicyclic) bond motifs is 1. The highest BCUT2D eigenvalue weighted by molar-refractivity contribution is 6.36. The van der Waals surface area contributed by atoms with Crippen LogP contribution in [-0.2, 0) is 4.74 Å². The van der Waals surface area contributed by atoms with E-state index in [4.69, 9.17) is 32.4 Å². The molecule has 4 nitrogen and oxygen atoms in total. The van der Waals surface area contributed by atoms with Gasteiger partial charge in [0.25, 0.3) is 5.95 Å². The Kier molecular flexibility index (Phi) is 3.43. The monoisotopic (exact) mass is 347 g/mol. The van der Waals surface area contributed by atoms with Gasteiger partial charge in [-0.1, -0.05) is 47.5 Å². The quantitative estimate of drug-likeness (QED) is 0.712. The Balaban J connectivity index is 1.72. The number of halogens is 2. The first kappa shape index (κ1) is 14.4. The van der Waals surface area contributed by atoms with E-state index in [1.165, 1.54) is 0 Å². The standard InChI is InChI=1S/C17H11Cl2NO3/c18-10-5-3-6-11(19)15(10)13-8-20-16(22-13)14-9-4-1-2-7-12(9)23-17(14)21/h1-7,13,21H,8H2. The lowest BCUT2D eigenvalue weighted by Gasteiger charge is -2.14. The third kappa shape index (κ3) is 2.35. The minimum atomic E-state index is -0.390. The predicted molar refractivity (Wildman–Crippen MR) is 89.6 cm³/mol. The van der Waals surface area contributed by atoms with Crippen LogP contribution in [0.4, 0.5) is 0 Å². The van der Waals surface area contributed by atoms with E-state index >= 15 is 0 Å². The number of benzene rings is 2. The summed E-state index contributed by atoms with van der Waals surface area (Å²) in [4.78, 5) is 4.39. The van der Waals surface area contributed by atoms with Gasteiger partial charge in [-0.3, -0.25) is 0 Å². The lowest BCUT2D eigenvalue weighted by molar-refractivity contribution is 0.229. The van der Waals surface area contributed by atoms with Crippen molar-refractivity contribution in [2.45, 2.75) is 6.10 Å². The SMILES string of the molecule is Oc1oc2ccccc2c1C1=NCC(c2c(Cl)cccc2Cl)O1. The Bertz CT molecular complexity index is 912. The van der Waals surface area contributed by atoms with Crippen molar-refractivity contribution in [2.24, 2.45) is 4.99 Å². The summed E-state index contributed by atoms with van der Waals surface area (Å²) in [6.45, 7) is 0.373. The molecule has 0 saturated heterocycles. The summed E-state index contributed by atoms with van der Waals surface area (Å²) < 4.78 is 11.2. The molecule has 1 unspecified atom stereocenters. The van der Waals surface area contributed by atoms with Crippen LogP contribution in [0.25, 0.3) is 11.0 Å². The maximum atomic E-state index is 10.1. The maximum absolute atomic E-state index is 10.1. The number of nitrogens with zero attached hydrogens (tertiary/aromatic N) is 1. The average molecular weight is 348 g/mol. The van der Waals surface area contributed by atoms with E-state index in [2.05, 4.69) is 4.99 Å². The van der Waals surface area contributed by atoms with Gasteiger partial charge < -0.3 is 14.3 Å². The molecule has 2 heterocycles. The number of aliphatic imine (C=N–C) groups is 1. The second-order valence-electron chi connectivity index (χ2n) is 5.17. The van der Waals surface area contributed by atoms with Gasteiger partial charge in [-0.15, -0.1) is 0 Å². The van der Waals surface area contributed by atoms with Crippen LogP contribution in [0.5, 0.6) is 5.95 Å². The number of rotatable bonds is 2. The molecule has 1 aliphatic heterocycles. The largest absolute Gasteiger partial charge is 0.480 e. The Morgan fingerprint density at radius 3 is 2.57 bits per heavy atom. The molecule has 6 heteroatoms. The fraction of sp³-hybridized carbons (Fsp3) is 0.118. The first-order chi connectivity index (χ1) is 11.1. The van der Waals surface area contributed by atoms with E-state index in [1.54, 1.807) is 24.3 Å². The van der Waals surface area contributed by atoms with E-state index in [9.17, 15) is 5.11 Å². The molecular formula is C17H11Cl2NO3. The van der Waals surface area contributed by atoms with Gasteiger partial charge in [-0.25, -0.2) is 4.99 Å². The van der Waals surface area contributed by atoms with Crippen molar-refractivity contribution in [2.75, 3.05) is 6.54 Å². The van der Waals surface area contributed by atoms with Crippen LogP contribution in [-0.4, -0.2) is 17.5 Å². The molecule has 0 spiro atoms. The lowest BCUT2D eigenvalue weighted by Crippen LogP contribution is -2.07. The van der Waals surface area contributed by atoms with Crippen LogP contribution >= 0.6 is 23.2 Å². The van der Waals surface area contributed by atoms with Gasteiger partial charge >= 0.3 is 0 Å². The van der Waals surface area contributed by atoms with Gasteiger partial charge in [0.2, 0.25) is 5.90 Å². The van der Waals surface area contributed by atoms with Crippen LogP contribution in [0.3, 0.4) is 0 Å². The number of ether oxygens (including phenoxy) is 1. The Morgan fingerprint density at radius 1 is 1.04 bits per heavy atom. The molecule has 0 saturated carbocycles. The van der Waals surface area contributed by atoms with Gasteiger partial charge in [0.1, 0.15) is 17.3 Å². The first-order valence-corrected chi connectivity index (χ1v) is 7.76. The minimum absolute atomic E-state index is 0.212. The van der Waals surface area contributed by atoms with Crippen LogP contribution < -0.4 is 0 Å². The van der Waals surface area contributed by atoms with Crippen molar-refractivity contribution < 1.29 is 14.3 Å². The van der Waals surface area contributed by atoms with Crippen molar-refractivity contribution in [3.8, 4) is 5.95 Å². The summed E-state index contributed by atoms with van der Waals surface area (Å²) in [6.07, 6.45) is -0.390. The molecular weight excluding hydrogens is 337 g/mol. The molecule has 0 radical (unpaired) electrons. The van der Waals surface area contributed by atoms with Crippen LogP contribution in [0, 0.1) is 0 Å². The summed E-state index contributed by atoms with van der Waals surface area (Å²) in [5.41, 5.74) is 1.72. The van der Waals surface area contributed by atoms with Crippen molar-refractivity contribution in [1.29, 1.82) is 0 Å². The molecule has 1 atom stereocenters. The zero-order chi connectivity index (χ0) is 16.0. The number of hydrogen-bond donors (Lipinski definition) is 1. The third-order valence-electron chi connectivity index (χ3n) is 3.77. The molecule has 1 aromatic heterocycles. The van der Waals surface area contributed by atoms with Crippen LogP contribution in [0.1, 0.15) is 17.2 Å². The summed E-state index contributed by atoms with van der Waals surface area (Å²) in [6, 6.07) is 12.6. The van der Waals surface area contributed by atoms with Crippen molar-refractivity contribution >= 4 is 40.1 Å². The van der Waals surface area contributed by atoms with Gasteiger partial charge in [0.05, 0.1) is 6.54 Å². The highest BCUT2D eigenvalue weighted by atomic mass is 35.5. The molecule has 1 N–H and O–H groups in total. The van der Waals surface area contributed by atoms with Crippen LogP contribution in [0.2, 0.25) is 10.0 Å². The van der Waals surface area contributed by atoms with E-state index < -0.39 is 0 Å². The van der Waals surface area contributed by atoms with Crippen molar-refractivity contribution in [3.05, 3.63) is 63.6 Å². The summed E-state index contributed by atoms with van der Waals surface area (Å²) in [5.74, 6) is 0.115. The predicted octanol–water partition coefficient (Wildman–Crippen LogP) is 4.96. The molecule has 0 fully saturated rings. The molecule has 0 bridgehead atoms. The summed E-state index contributed by atoms with van der Waals surface area (Å²) >= 11 is 12.5. The summed E-state index contributed by atoms with van der Waals surface area (Å²) in [7, 11) is 0. The second-order valence-corrected chi connectivity index (χ2v) is 5.98. The minimum Gasteiger partial charge on any atom is -0.480 e. The van der Waals surface area contributed by atoms with Gasteiger partial charge in [-0.2, -0.15) is 0 Å². The van der Waals surface area contributed by atoms with E-state index in [0.717, 1.165) is 5.39 Å². The molecule has 2 aromatic carbocycles. The Hall–Kier alpha value is -2.17. The summed E-state index contributed by atoms with van der Waals surface area (Å²) in [5, 5.41) is 11.9. The van der Waals surface area contributed by atoms with E-state index in [-0.39, 0.29) is 12.1 Å².